The van der Waals surface area contributed by atoms with E-state index in [1.807, 2.05) is 30.5 Å². The number of amides is 3. The van der Waals surface area contributed by atoms with E-state index in [9.17, 15) is 14.4 Å². The zero-order valence-corrected chi connectivity index (χ0v) is 19.8. The van der Waals surface area contributed by atoms with Crippen LogP contribution in [0.15, 0.2) is 29.6 Å². The molecule has 0 spiro atoms. The first-order chi connectivity index (χ1) is 15.4. The average Bonchev–Trinajstić information content (AvgIpc) is 3.18. The number of benzene rings is 1. The van der Waals surface area contributed by atoms with Crippen LogP contribution in [0.4, 0.5) is 5.13 Å². The maximum Gasteiger partial charge on any atom is 0.239 e. The molecule has 0 aliphatic heterocycles. The summed E-state index contributed by atoms with van der Waals surface area (Å²) in [5.74, 6) is -0.730. The maximum atomic E-state index is 13.0. The molecule has 0 saturated heterocycles. The Balaban J connectivity index is 1.59. The molecule has 1 aliphatic rings. The highest BCUT2D eigenvalue weighted by molar-refractivity contribution is 7.13. The molecular formula is C23H29ClN4O3S. The van der Waals surface area contributed by atoms with Crippen molar-refractivity contribution in [2.45, 2.75) is 64.5 Å². The van der Waals surface area contributed by atoms with Crippen LogP contribution in [-0.4, -0.2) is 40.2 Å². The Labute approximate surface area is 197 Å². The molecule has 1 fully saturated rings. The lowest BCUT2D eigenvalue weighted by Crippen LogP contribution is -2.44. The van der Waals surface area contributed by atoms with E-state index in [1.165, 1.54) is 22.7 Å². The number of carbonyl (C=O) groups is 3. The summed E-state index contributed by atoms with van der Waals surface area (Å²) in [4.78, 5) is 43.5. The molecule has 2 N–H and O–H groups in total. The van der Waals surface area contributed by atoms with E-state index in [2.05, 4.69) is 15.6 Å². The van der Waals surface area contributed by atoms with Crippen molar-refractivity contribution in [2.24, 2.45) is 0 Å². The van der Waals surface area contributed by atoms with Crippen LogP contribution in [0, 0.1) is 6.92 Å². The molecule has 32 heavy (non-hydrogen) atoms. The molecule has 3 amide bonds. The standard InChI is InChI=1S/C23H29ClN4O3S/c1-16-15-32-23(25-16)27-20(29)11-12-22(31)28(13-17-7-5-6-10-19(17)24)14-21(30)26-18-8-3-2-4-9-18/h5-7,10,15,18H,2-4,8-9,11-14H2,1H3,(H,26,30)(H,25,27,29). The molecule has 1 aliphatic carbocycles. The fourth-order valence-corrected chi connectivity index (χ4v) is 4.63. The summed E-state index contributed by atoms with van der Waals surface area (Å²) in [7, 11) is 0. The lowest BCUT2D eigenvalue weighted by Gasteiger charge is -2.26. The average molecular weight is 477 g/mol. The second-order valence-corrected chi connectivity index (χ2v) is 9.35. The summed E-state index contributed by atoms with van der Waals surface area (Å²) in [6.45, 7) is 2.00. The molecule has 1 saturated carbocycles. The van der Waals surface area contributed by atoms with E-state index < -0.39 is 0 Å². The van der Waals surface area contributed by atoms with Crippen molar-refractivity contribution >= 4 is 45.8 Å². The predicted octanol–water partition coefficient (Wildman–Crippen LogP) is 4.30. The summed E-state index contributed by atoms with van der Waals surface area (Å²) >= 11 is 7.62. The van der Waals surface area contributed by atoms with Crippen LogP contribution in [0.25, 0.3) is 0 Å². The smallest absolute Gasteiger partial charge is 0.239 e. The number of rotatable bonds is 9. The van der Waals surface area contributed by atoms with Crippen molar-refractivity contribution in [1.29, 1.82) is 0 Å². The van der Waals surface area contributed by atoms with Gasteiger partial charge in [0, 0.05) is 35.8 Å². The second-order valence-electron chi connectivity index (χ2n) is 8.09. The van der Waals surface area contributed by atoms with Crippen molar-refractivity contribution in [3.8, 4) is 0 Å². The highest BCUT2D eigenvalue weighted by Crippen LogP contribution is 2.20. The summed E-state index contributed by atoms with van der Waals surface area (Å²) in [5.41, 5.74) is 1.59. The van der Waals surface area contributed by atoms with Gasteiger partial charge in [-0.2, -0.15) is 0 Å². The van der Waals surface area contributed by atoms with E-state index in [0.29, 0.717) is 10.2 Å². The lowest BCUT2D eigenvalue weighted by atomic mass is 9.95. The highest BCUT2D eigenvalue weighted by Gasteiger charge is 2.22. The minimum absolute atomic E-state index is 0.00263. The summed E-state index contributed by atoms with van der Waals surface area (Å²) < 4.78 is 0. The zero-order chi connectivity index (χ0) is 22.9. The number of halogens is 1. The molecule has 2 aromatic rings. The molecule has 7 nitrogen and oxygen atoms in total. The fraction of sp³-hybridized carbons (Fsp3) is 0.478. The minimum Gasteiger partial charge on any atom is -0.352 e. The van der Waals surface area contributed by atoms with E-state index in [-0.39, 0.29) is 49.7 Å². The number of aromatic nitrogens is 1. The van der Waals surface area contributed by atoms with Crippen LogP contribution >= 0.6 is 22.9 Å². The summed E-state index contributed by atoms with van der Waals surface area (Å²) in [6, 6.07) is 7.42. The number of carbonyl (C=O) groups excluding carboxylic acids is 3. The van der Waals surface area contributed by atoms with Crippen molar-refractivity contribution in [2.75, 3.05) is 11.9 Å². The van der Waals surface area contributed by atoms with E-state index in [4.69, 9.17) is 11.6 Å². The summed E-state index contributed by atoms with van der Waals surface area (Å²) in [5, 5.41) is 8.66. The van der Waals surface area contributed by atoms with Crippen LogP contribution in [0.5, 0.6) is 0 Å². The lowest BCUT2D eigenvalue weighted by molar-refractivity contribution is -0.137. The Hall–Kier alpha value is -2.45. The Morgan fingerprint density at radius 3 is 2.56 bits per heavy atom. The van der Waals surface area contributed by atoms with Gasteiger partial charge in [-0.25, -0.2) is 4.98 Å². The van der Waals surface area contributed by atoms with Crippen molar-refractivity contribution in [1.82, 2.24) is 15.2 Å². The monoisotopic (exact) mass is 476 g/mol. The van der Waals surface area contributed by atoms with Crippen LogP contribution in [0.3, 0.4) is 0 Å². The SMILES string of the molecule is Cc1csc(NC(=O)CCC(=O)N(CC(=O)NC2CCCCC2)Cc2ccccc2Cl)n1. The quantitative estimate of drug-likeness (QED) is 0.564. The maximum absolute atomic E-state index is 13.0. The van der Waals surface area contributed by atoms with E-state index in [1.54, 1.807) is 6.07 Å². The normalized spacial score (nSPS) is 14.1. The molecule has 172 valence electrons. The number of nitrogens with zero attached hydrogens (tertiary/aromatic N) is 2. The second kappa shape index (κ2) is 12.0. The molecule has 0 bridgehead atoms. The molecule has 1 heterocycles. The number of thiazole rings is 1. The van der Waals surface area contributed by atoms with Gasteiger partial charge >= 0.3 is 0 Å². The molecule has 0 atom stereocenters. The van der Waals surface area contributed by atoms with Gasteiger partial charge in [0.15, 0.2) is 5.13 Å². The Kier molecular flexibility index (Phi) is 9.05. The van der Waals surface area contributed by atoms with Gasteiger partial charge in [0.05, 0.1) is 12.2 Å². The Bertz CT molecular complexity index is 943. The molecule has 9 heteroatoms. The van der Waals surface area contributed by atoms with Crippen LogP contribution < -0.4 is 10.6 Å². The number of anilines is 1. The van der Waals surface area contributed by atoms with Crippen molar-refractivity contribution in [3.63, 3.8) is 0 Å². The Morgan fingerprint density at radius 2 is 1.88 bits per heavy atom. The van der Waals surface area contributed by atoms with Crippen molar-refractivity contribution in [3.05, 3.63) is 45.9 Å². The molecule has 0 unspecified atom stereocenters. The zero-order valence-electron chi connectivity index (χ0n) is 18.2. The van der Waals surface area contributed by atoms with E-state index in [0.717, 1.165) is 36.9 Å². The first kappa shape index (κ1) is 24.2. The summed E-state index contributed by atoms with van der Waals surface area (Å²) in [6.07, 6.45) is 5.38. The number of aryl methyl sites for hydroxylation is 1. The predicted molar refractivity (Wildman–Crippen MR) is 127 cm³/mol. The van der Waals surface area contributed by atoms with Crippen molar-refractivity contribution < 1.29 is 14.4 Å². The number of hydrogen-bond donors (Lipinski definition) is 2. The van der Waals surface area contributed by atoms with E-state index >= 15 is 0 Å². The fourth-order valence-electron chi connectivity index (χ4n) is 3.73. The van der Waals surface area contributed by atoms with Crippen LogP contribution in [-0.2, 0) is 20.9 Å². The molecule has 1 aromatic carbocycles. The molecule has 3 rings (SSSR count). The minimum atomic E-state index is -0.281. The third-order valence-corrected chi connectivity index (χ3v) is 6.65. The first-order valence-corrected chi connectivity index (χ1v) is 12.2. The third kappa shape index (κ3) is 7.60. The van der Waals surface area contributed by atoms with Crippen LogP contribution in [0.1, 0.15) is 56.2 Å². The largest absolute Gasteiger partial charge is 0.352 e. The number of nitrogens with one attached hydrogen (secondary N) is 2. The first-order valence-electron chi connectivity index (χ1n) is 10.9. The van der Waals surface area contributed by atoms with Gasteiger partial charge in [-0.1, -0.05) is 49.1 Å². The third-order valence-electron chi connectivity index (χ3n) is 5.41. The van der Waals surface area contributed by atoms with Gasteiger partial charge in [-0.05, 0) is 31.4 Å². The Morgan fingerprint density at radius 1 is 1.12 bits per heavy atom. The molecule has 1 aromatic heterocycles. The molecular weight excluding hydrogens is 448 g/mol. The topological polar surface area (TPSA) is 91.4 Å². The van der Waals surface area contributed by atoms with Gasteiger partial charge < -0.3 is 15.5 Å². The highest BCUT2D eigenvalue weighted by atomic mass is 35.5. The van der Waals surface area contributed by atoms with Crippen LogP contribution in [0.2, 0.25) is 5.02 Å². The number of hydrogen-bond acceptors (Lipinski definition) is 5. The van der Waals surface area contributed by atoms with Gasteiger partial charge in [-0.3, -0.25) is 14.4 Å². The van der Waals surface area contributed by atoms with Gasteiger partial charge in [0.1, 0.15) is 0 Å². The van der Waals surface area contributed by atoms with Gasteiger partial charge in [-0.15, -0.1) is 11.3 Å². The van der Waals surface area contributed by atoms with Gasteiger partial charge in [0.2, 0.25) is 17.7 Å². The molecule has 0 radical (unpaired) electrons. The van der Waals surface area contributed by atoms with Gasteiger partial charge in [0.25, 0.3) is 0 Å².